The highest BCUT2D eigenvalue weighted by molar-refractivity contribution is 7.99. The molecule has 0 unspecified atom stereocenters. The van der Waals surface area contributed by atoms with Crippen molar-refractivity contribution < 1.29 is 49.2 Å². The maximum Gasteiger partial charge on any atom is 0.338 e. The molecule has 13 nitrogen and oxygen atoms in total. The van der Waals surface area contributed by atoms with E-state index in [1.807, 2.05) is 0 Å². The maximum atomic E-state index is 11.3. The second-order valence-electron chi connectivity index (χ2n) is 5.65. The first kappa shape index (κ1) is 29.8. The summed E-state index contributed by atoms with van der Waals surface area (Å²) < 4.78 is 10.1. The number of benzene rings is 1. The van der Waals surface area contributed by atoms with Gasteiger partial charge in [-0.3, -0.25) is 0 Å². The van der Waals surface area contributed by atoms with Gasteiger partial charge >= 0.3 is 5.97 Å². The Balaban J connectivity index is 0.000000385. The standard InChI is InChI=1S/C13H11ClN2O4S.C6H15NO6/c1-19-9-6-10(20-2)16-13(15-9)21-8-5-3-4-7(14)11(8)12(17)18;8-1-4-11-7(12-5-2-9)13-6-3-10/h3-6H,1-2H3,(H,17,18);8-10H,1-6H2. The van der Waals surface area contributed by atoms with Crippen LogP contribution in [0, 0.1) is 0 Å². The summed E-state index contributed by atoms with van der Waals surface area (Å²) in [5, 5.41) is 35.6. The summed E-state index contributed by atoms with van der Waals surface area (Å²) >= 11 is 6.99. The molecule has 0 aliphatic rings. The highest BCUT2D eigenvalue weighted by Crippen LogP contribution is 2.33. The second kappa shape index (κ2) is 17.2. The van der Waals surface area contributed by atoms with E-state index in [0.29, 0.717) is 27.2 Å². The number of carboxylic acids is 1. The molecule has 0 amide bonds. The Morgan fingerprint density at radius 1 is 0.971 bits per heavy atom. The van der Waals surface area contributed by atoms with Crippen molar-refractivity contribution in [2.24, 2.45) is 0 Å². The number of hydrogen-bond acceptors (Lipinski definition) is 13. The first-order valence-electron chi connectivity index (χ1n) is 9.58. The van der Waals surface area contributed by atoms with E-state index in [2.05, 4.69) is 9.97 Å². The molecule has 190 valence electrons. The zero-order valence-corrected chi connectivity index (χ0v) is 20.0. The van der Waals surface area contributed by atoms with E-state index in [4.69, 9.17) is 50.9 Å². The van der Waals surface area contributed by atoms with Gasteiger partial charge in [0.1, 0.15) is 0 Å². The minimum Gasteiger partial charge on any atom is -0.481 e. The van der Waals surface area contributed by atoms with Crippen LogP contribution in [0.15, 0.2) is 34.3 Å². The van der Waals surface area contributed by atoms with Crippen LogP contribution in [0.1, 0.15) is 10.4 Å². The van der Waals surface area contributed by atoms with Gasteiger partial charge in [-0.15, -0.1) is 0 Å². The van der Waals surface area contributed by atoms with Crippen LogP contribution >= 0.6 is 23.4 Å². The molecule has 0 atom stereocenters. The first-order valence-corrected chi connectivity index (χ1v) is 10.8. The van der Waals surface area contributed by atoms with Crippen LogP contribution in [0.4, 0.5) is 0 Å². The Morgan fingerprint density at radius 2 is 1.47 bits per heavy atom. The quantitative estimate of drug-likeness (QED) is 0.204. The van der Waals surface area contributed by atoms with Crippen LogP contribution in [0.5, 0.6) is 11.8 Å². The number of carbonyl (C=O) groups is 1. The summed E-state index contributed by atoms with van der Waals surface area (Å²) in [6.07, 6.45) is 0. The summed E-state index contributed by atoms with van der Waals surface area (Å²) in [5.74, 6) is -0.468. The van der Waals surface area contributed by atoms with E-state index in [1.54, 1.807) is 12.1 Å². The van der Waals surface area contributed by atoms with Crippen LogP contribution in [-0.4, -0.2) is 95.6 Å². The zero-order valence-electron chi connectivity index (χ0n) is 18.4. The summed E-state index contributed by atoms with van der Waals surface area (Å²) in [4.78, 5) is 34.1. The Bertz CT molecular complexity index is 839. The monoisotopic (exact) mass is 523 g/mol. The van der Waals surface area contributed by atoms with Crippen molar-refractivity contribution in [3.8, 4) is 11.8 Å². The summed E-state index contributed by atoms with van der Waals surface area (Å²) in [6.45, 7) is -0.505. The molecular formula is C19H26ClN3O10S. The predicted octanol–water partition coefficient (Wildman–Crippen LogP) is 1.06. The zero-order chi connectivity index (χ0) is 25.3. The predicted molar refractivity (Wildman–Crippen MR) is 119 cm³/mol. The van der Waals surface area contributed by atoms with Gasteiger partial charge in [0.25, 0.3) is 0 Å². The van der Waals surface area contributed by atoms with E-state index in [9.17, 15) is 9.90 Å². The van der Waals surface area contributed by atoms with Crippen molar-refractivity contribution in [2.75, 3.05) is 53.9 Å². The van der Waals surface area contributed by atoms with Crippen molar-refractivity contribution in [1.29, 1.82) is 0 Å². The van der Waals surface area contributed by atoms with Crippen LogP contribution in [0.3, 0.4) is 0 Å². The summed E-state index contributed by atoms with van der Waals surface area (Å²) in [7, 11) is 2.94. The lowest BCUT2D eigenvalue weighted by atomic mass is 10.2. The number of carboxylic acid groups (broad SMARTS) is 1. The number of halogens is 1. The Kier molecular flexibility index (Phi) is 15.1. The number of aromatic nitrogens is 2. The fourth-order valence-corrected chi connectivity index (χ4v) is 3.22. The van der Waals surface area contributed by atoms with Gasteiger partial charge in [-0.25, -0.2) is 19.3 Å². The van der Waals surface area contributed by atoms with Crippen molar-refractivity contribution >= 4 is 29.3 Å². The highest BCUT2D eigenvalue weighted by Gasteiger charge is 2.17. The molecule has 0 radical (unpaired) electrons. The third-order valence-corrected chi connectivity index (χ3v) is 4.57. The third kappa shape index (κ3) is 10.8. The number of aromatic carboxylic acids is 1. The minimum atomic E-state index is -1.11. The average molecular weight is 524 g/mol. The molecule has 4 N–H and O–H groups in total. The van der Waals surface area contributed by atoms with Gasteiger partial charge in [-0.2, -0.15) is 9.97 Å². The molecule has 0 saturated heterocycles. The Labute approximate surface area is 204 Å². The number of rotatable bonds is 14. The van der Waals surface area contributed by atoms with Gasteiger partial charge < -0.3 is 29.9 Å². The molecule has 0 aliphatic carbocycles. The number of aliphatic hydroxyl groups is 3. The molecule has 0 aliphatic heterocycles. The molecule has 1 heterocycles. The Hall–Kier alpha value is -2.27. The molecule has 15 heteroatoms. The lowest BCUT2D eigenvalue weighted by Gasteiger charge is -2.17. The number of hydrogen-bond donors (Lipinski definition) is 4. The van der Waals surface area contributed by atoms with Gasteiger partial charge in [-0.05, 0) is 23.9 Å². The fraction of sp³-hybridized carbons (Fsp3) is 0.421. The SMILES string of the molecule is COc1cc(OC)nc(Sc2cccc(Cl)c2C(=O)O)n1.OCCON(OCCO)OCCO. The highest BCUT2D eigenvalue weighted by atomic mass is 35.5. The average Bonchev–Trinajstić information content (AvgIpc) is 2.83. The second-order valence-corrected chi connectivity index (χ2v) is 7.07. The van der Waals surface area contributed by atoms with Crippen molar-refractivity contribution in [1.82, 2.24) is 15.4 Å². The number of aliphatic hydroxyl groups excluding tert-OH is 3. The molecule has 1 aromatic heterocycles. The van der Waals surface area contributed by atoms with Crippen LogP contribution in [0.25, 0.3) is 0 Å². The molecule has 0 bridgehead atoms. The van der Waals surface area contributed by atoms with Gasteiger partial charge in [-0.1, -0.05) is 17.7 Å². The lowest BCUT2D eigenvalue weighted by molar-refractivity contribution is -0.527. The van der Waals surface area contributed by atoms with Crippen molar-refractivity contribution in [2.45, 2.75) is 10.1 Å². The van der Waals surface area contributed by atoms with Gasteiger partial charge in [0.05, 0.1) is 75.9 Å². The van der Waals surface area contributed by atoms with Crippen LogP contribution in [0.2, 0.25) is 5.02 Å². The molecule has 2 rings (SSSR count). The number of nitrogens with zero attached hydrogens (tertiary/aromatic N) is 3. The first-order chi connectivity index (χ1) is 16.4. The Morgan fingerprint density at radius 3 is 1.88 bits per heavy atom. The van der Waals surface area contributed by atoms with E-state index < -0.39 is 5.97 Å². The number of ether oxygens (including phenoxy) is 2. The topological polar surface area (TPSA) is 173 Å². The summed E-state index contributed by atoms with van der Waals surface area (Å²) in [6, 6.07) is 6.34. The fourth-order valence-electron chi connectivity index (χ4n) is 1.99. The molecule has 0 spiro atoms. The smallest absolute Gasteiger partial charge is 0.338 e. The van der Waals surface area contributed by atoms with Crippen LogP contribution < -0.4 is 9.47 Å². The normalized spacial score (nSPS) is 10.6. The summed E-state index contributed by atoms with van der Waals surface area (Å²) in [5.41, 5.74) is 0.00885. The molecular weight excluding hydrogens is 498 g/mol. The van der Waals surface area contributed by atoms with Gasteiger partial charge in [0, 0.05) is 4.90 Å². The molecule has 34 heavy (non-hydrogen) atoms. The minimum absolute atomic E-state index is 0.00885. The van der Waals surface area contributed by atoms with E-state index >= 15 is 0 Å². The molecule has 0 saturated carbocycles. The van der Waals surface area contributed by atoms with Gasteiger partial charge in [0.15, 0.2) is 5.16 Å². The lowest BCUT2D eigenvalue weighted by Crippen LogP contribution is -2.28. The maximum absolute atomic E-state index is 11.3. The largest absolute Gasteiger partial charge is 0.481 e. The van der Waals surface area contributed by atoms with E-state index in [0.717, 1.165) is 11.8 Å². The number of methoxy groups -OCH3 is 2. The van der Waals surface area contributed by atoms with Crippen LogP contribution in [-0.2, 0) is 14.5 Å². The molecule has 2 aromatic rings. The molecule has 1 aromatic carbocycles. The molecule has 0 fully saturated rings. The van der Waals surface area contributed by atoms with E-state index in [-0.39, 0.29) is 50.2 Å². The van der Waals surface area contributed by atoms with Crippen molar-refractivity contribution in [3.63, 3.8) is 0 Å². The van der Waals surface area contributed by atoms with Crippen molar-refractivity contribution in [3.05, 3.63) is 34.9 Å². The van der Waals surface area contributed by atoms with E-state index in [1.165, 1.54) is 26.4 Å². The van der Waals surface area contributed by atoms with Gasteiger partial charge in [0.2, 0.25) is 11.8 Å². The third-order valence-electron chi connectivity index (χ3n) is 3.33.